The Labute approximate surface area is 134 Å². The molecule has 0 fully saturated rings. The molecule has 124 valence electrons. The van der Waals surface area contributed by atoms with Crippen molar-refractivity contribution >= 4 is 7.82 Å². The number of phenols is 2. The van der Waals surface area contributed by atoms with Crippen molar-refractivity contribution in [2.75, 3.05) is 0 Å². The van der Waals surface area contributed by atoms with Crippen LogP contribution in [0.25, 0.3) is 0 Å². The summed E-state index contributed by atoms with van der Waals surface area (Å²) in [7, 11) is -4.63. The van der Waals surface area contributed by atoms with Crippen LogP contribution in [0, 0.1) is 0 Å². The van der Waals surface area contributed by atoms with E-state index in [1.165, 1.54) is 18.2 Å². The van der Waals surface area contributed by atoms with E-state index in [0.29, 0.717) is 12.0 Å². The van der Waals surface area contributed by atoms with Gasteiger partial charge in [-0.1, -0.05) is 12.1 Å². The normalized spacial score (nSPS) is 11.4. The van der Waals surface area contributed by atoms with Gasteiger partial charge in [-0.3, -0.25) is 9.79 Å². The molecule has 2 aromatic rings. The molecule has 4 N–H and O–H groups in total. The molecule has 0 bridgehead atoms. The van der Waals surface area contributed by atoms with Crippen LogP contribution in [0.3, 0.4) is 0 Å². The number of phenolic OH excluding ortho intramolecular Hbond substituents is 2. The van der Waals surface area contributed by atoms with Gasteiger partial charge in [0.2, 0.25) is 0 Å². The van der Waals surface area contributed by atoms with Crippen molar-refractivity contribution < 1.29 is 29.1 Å². The fraction of sp³-hybridized carbons (Fsp3) is 0.250. The van der Waals surface area contributed by atoms with Crippen LogP contribution in [0.15, 0.2) is 42.5 Å². The average molecular weight is 338 g/mol. The second-order valence-corrected chi connectivity index (χ2v) is 6.41. The Morgan fingerprint density at radius 2 is 1.61 bits per heavy atom. The van der Waals surface area contributed by atoms with Gasteiger partial charge in [-0.2, -0.15) is 0 Å². The van der Waals surface area contributed by atoms with Gasteiger partial charge in [-0.15, -0.1) is 0 Å². The smallest absolute Gasteiger partial charge is 0.508 e. The molecular formula is C16H19O6P. The van der Waals surface area contributed by atoms with E-state index in [2.05, 4.69) is 4.52 Å². The molecule has 0 atom stereocenters. The fourth-order valence-corrected chi connectivity index (χ4v) is 2.77. The molecule has 0 aromatic heterocycles. The van der Waals surface area contributed by atoms with Gasteiger partial charge in [0.1, 0.15) is 17.2 Å². The molecule has 0 aliphatic rings. The fourth-order valence-electron chi connectivity index (χ4n) is 2.33. The van der Waals surface area contributed by atoms with Gasteiger partial charge < -0.3 is 14.7 Å². The van der Waals surface area contributed by atoms with E-state index >= 15 is 0 Å². The Morgan fingerprint density at radius 1 is 0.913 bits per heavy atom. The van der Waals surface area contributed by atoms with Crippen LogP contribution in [0.5, 0.6) is 17.2 Å². The van der Waals surface area contributed by atoms with Crippen LogP contribution in [0.4, 0.5) is 0 Å². The minimum absolute atomic E-state index is 0.0195. The maximum Gasteiger partial charge on any atom is 0.524 e. The highest BCUT2D eigenvalue weighted by Gasteiger charge is 2.18. The zero-order valence-corrected chi connectivity index (χ0v) is 13.3. The molecule has 0 aliphatic carbocycles. The van der Waals surface area contributed by atoms with Gasteiger partial charge in [-0.05, 0) is 67.1 Å². The number of benzene rings is 2. The van der Waals surface area contributed by atoms with Crippen molar-refractivity contribution in [2.24, 2.45) is 0 Å². The average Bonchev–Trinajstić information content (AvgIpc) is 2.45. The van der Waals surface area contributed by atoms with E-state index in [9.17, 15) is 14.8 Å². The molecule has 0 radical (unpaired) electrons. The lowest BCUT2D eigenvalue weighted by Crippen LogP contribution is -1.96. The number of aromatic hydroxyl groups is 2. The molecule has 0 saturated heterocycles. The summed E-state index contributed by atoms with van der Waals surface area (Å²) in [4.78, 5) is 17.8. The summed E-state index contributed by atoms with van der Waals surface area (Å²) in [6.45, 7) is 0. The molecule has 2 aromatic carbocycles. The first-order valence-corrected chi connectivity index (χ1v) is 8.71. The quantitative estimate of drug-likeness (QED) is 0.456. The van der Waals surface area contributed by atoms with E-state index in [1.54, 1.807) is 18.2 Å². The number of unbranched alkanes of at least 4 members (excludes halogenated alkanes) is 1. The number of phosphoric acid groups is 1. The Balaban J connectivity index is 1.94. The maximum absolute atomic E-state index is 11.0. The van der Waals surface area contributed by atoms with Crippen molar-refractivity contribution in [2.45, 2.75) is 25.7 Å². The lowest BCUT2D eigenvalue weighted by Gasteiger charge is -2.12. The van der Waals surface area contributed by atoms with Gasteiger partial charge in [0, 0.05) is 0 Å². The minimum atomic E-state index is -4.63. The molecule has 2 rings (SSSR count). The van der Waals surface area contributed by atoms with E-state index in [4.69, 9.17) is 9.79 Å². The van der Waals surface area contributed by atoms with Crippen molar-refractivity contribution in [1.29, 1.82) is 0 Å². The van der Waals surface area contributed by atoms with Crippen LogP contribution in [0.1, 0.15) is 24.0 Å². The lowest BCUT2D eigenvalue weighted by atomic mass is 10.0. The standard InChI is InChI=1S/C16H19O6P/c17-14-7-3-5-12(10-14)4-1-2-6-13-11-15(18)8-9-16(13)22-23(19,20)21/h3,5,7-11,17-18H,1-2,4,6H2,(H2,19,20,21). The Hall–Kier alpha value is -2.01. The largest absolute Gasteiger partial charge is 0.524 e. The summed E-state index contributed by atoms with van der Waals surface area (Å²) >= 11 is 0. The third-order valence-electron chi connectivity index (χ3n) is 3.33. The third kappa shape index (κ3) is 5.94. The molecule has 0 saturated carbocycles. The van der Waals surface area contributed by atoms with Crippen LogP contribution < -0.4 is 4.52 Å². The number of rotatable bonds is 7. The second kappa shape index (κ2) is 7.51. The van der Waals surface area contributed by atoms with Gasteiger partial charge >= 0.3 is 7.82 Å². The van der Waals surface area contributed by atoms with Crippen LogP contribution in [-0.4, -0.2) is 20.0 Å². The first-order valence-electron chi connectivity index (χ1n) is 7.18. The van der Waals surface area contributed by atoms with Gasteiger partial charge in [0.25, 0.3) is 0 Å². The van der Waals surface area contributed by atoms with Crippen LogP contribution in [-0.2, 0) is 17.4 Å². The first-order chi connectivity index (χ1) is 10.8. The van der Waals surface area contributed by atoms with Gasteiger partial charge in [0.05, 0.1) is 0 Å². The summed E-state index contributed by atoms with van der Waals surface area (Å²) in [5.74, 6) is 0.326. The molecular weight excluding hydrogens is 319 g/mol. The SMILES string of the molecule is O=P(O)(O)Oc1ccc(O)cc1CCCCc1cccc(O)c1. The number of phosphoric ester groups is 1. The van der Waals surface area contributed by atoms with Gasteiger partial charge in [-0.25, -0.2) is 4.57 Å². The molecule has 7 heteroatoms. The summed E-state index contributed by atoms with van der Waals surface area (Å²) in [5.41, 5.74) is 1.57. The highest BCUT2D eigenvalue weighted by molar-refractivity contribution is 7.46. The van der Waals surface area contributed by atoms with E-state index in [1.807, 2.05) is 6.07 Å². The zero-order valence-electron chi connectivity index (χ0n) is 12.4. The van der Waals surface area contributed by atoms with Crippen molar-refractivity contribution in [3.05, 3.63) is 53.6 Å². The zero-order chi connectivity index (χ0) is 16.9. The second-order valence-electron chi connectivity index (χ2n) is 5.25. The molecule has 0 aliphatic heterocycles. The van der Waals surface area contributed by atoms with E-state index in [0.717, 1.165) is 24.8 Å². The molecule has 23 heavy (non-hydrogen) atoms. The minimum Gasteiger partial charge on any atom is -0.508 e. The number of hydrogen-bond donors (Lipinski definition) is 4. The van der Waals surface area contributed by atoms with Crippen molar-refractivity contribution in [1.82, 2.24) is 0 Å². The number of aryl methyl sites for hydroxylation is 2. The predicted octanol–water partition coefficient (Wildman–Crippen LogP) is 3.13. The highest BCUT2D eigenvalue weighted by atomic mass is 31.2. The summed E-state index contributed by atoms with van der Waals surface area (Å²) < 4.78 is 15.6. The van der Waals surface area contributed by atoms with Crippen molar-refractivity contribution in [3.63, 3.8) is 0 Å². The molecule has 0 unspecified atom stereocenters. The molecule has 6 nitrogen and oxygen atoms in total. The summed E-state index contributed by atoms with van der Waals surface area (Å²) in [6.07, 6.45) is 2.87. The molecule has 0 spiro atoms. The topological polar surface area (TPSA) is 107 Å². The van der Waals surface area contributed by atoms with E-state index in [-0.39, 0.29) is 17.2 Å². The van der Waals surface area contributed by atoms with Crippen molar-refractivity contribution in [3.8, 4) is 17.2 Å². The molecule has 0 amide bonds. The Morgan fingerprint density at radius 3 is 2.30 bits per heavy atom. The summed E-state index contributed by atoms with van der Waals surface area (Å²) in [6, 6.07) is 11.1. The van der Waals surface area contributed by atoms with E-state index < -0.39 is 7.82 Å². The number of hydrogen-bond acceptors (Lipinski definition) is 4. The highest BCUT2D eigenvalue weighted by Crippen LogP contribution is 2.40. The van der Waals surface area contributed by atoms with Gasteiger partial charge in [0.15, 0.2) is 0 Å². The monoisotopic (exact) mass is 338 g/mol. The Kier molecular flexibility index (Phi) is 5.66. The maximum atomic E-state index is 11.0. The summed E-state index contributed by atoms with van der Waals surface area (Å²) in [5, 5.41) is 18.9. The lowest BCUT2D eigenvalue weighted by molar-refractivity contribution is 0.282. The first kappa shape index (κ1) is 17.3. The molecule has 0 heterocycles. The van der Waals surface area contributed by atoms with Crippen LogP contribution in [0.2, 0.25) is 0 Å². The third-order valence-corrected chi connectivity index (χ3v) is 3.77. The predicted molar refractivity (Wildman–Crippen MR) is 85.5 cm³/mol. The Bertz CT molecular complexity index is 709. The van der Waals surface area contributed by atoms with Crippen LogP contribution >= 0.6 is 7.82 Å².